The SMILES string of the molecule is C[C@@]1(c2cccc(CC(=O)c3ncc(Cl)cc3Cl)c2)CCSC(N)=N1. The Morgan fingerprint density at radius 2 is 2.16 bits per heavy atom. The fourth-order valence-electron chi connectivity index (χ4n) is 2.80. The smallest absolute Gasteiger partial charge is 0.187 e. The van der Waals surface area contributed by atoms with Gasteiger partial charge in [-0.2, -0.15) is 0 Å². The van der Waals surface area contributed by atoms with Gasteiger partial charge in [0, 0.05) is 18.4 Å². The maximum atomic E-state index is 12.5. The van der Waals surface area contributed by atoms with Gasteiger partial charge < -0.3 is 5.73 Å². The number of benzene rings is 1. The highest BCUT2D eigenvalue weighted by molar-refractivity contribution is 8.13. The van der Waals surface area contributed by atoms with Crippen molar-refractivity contribution in [3.63, 3.8) is 0 Å². The number of thioether (sulfide) groups is 1. The predicted octanol–water partition coefficient (Wildman–Crippen LogP) is 4.48. The Balaban J connectivity index is 1.85. The molecule has 0 unspecified atom stereocenters. The molecule has 3 rings (SSSR count). The van der Waals surface area contributed by atoms with Gasteiger partial charge in [-0.05, 0) is 30.5 Å². The van der Waals surface area contributed by atoms with Gasteiger partial charge in [0.2, 0.25) is 0 Å². The van der Waals surface area contributed by atoms with E-state index in [0.717, 1.165) is 23.3 Å². The van der Waals surface area contributed by atoms with E-state index in [9.17, 15) is 4.79 Å². The Morgan fingerprint density at radius 3 is 2.88 bits per heavy atom. The van der Waals surface area contributed by atoms with Crippen LogP contribution in [0.4, 0.5) is 0 Å². The van der Waals surface area contributed by atoms with Gasteiger partial charge in [0.25, 0.3) is 0 Å². The first-order valence-electron chi connectivity index (χ1n) is 7.79. The number of Topliss-reactive ketones (excluding diaryl/α,β-unsaturated/α-hetero) is 1. The molecule has 1 aromatic carbocycles. The fraction of sp³-hybridized carbons (Fsp3) is 0.278. The molecule has 0 radical (unpaired) electrons. The summed E-state index contributed by atoms with van der Waals surface area (Å²) in [5.41, 5.74) is 7.72. The van der Waals surface area contributed by atoms with Crippen molar-refractivity contribution in [3.05, 3.63) is 63.4 Å². The van der Waals surface area contributed by atoms with Crippen LogP contribution >= 0.6 is 35.0 Å². The summed E-state index contributed by atoms with van der Waals surface area (Å²) in [6, 6.07) is 9.41. The van der Waals surface area contributed by atoms with Crippen LogP contribution < -0.4 is 5.73 Å². The Morgan fingerprint density at radius 1 is 1.36 bits per heavy atom. The van der Waals surface area contributed by atoms with E-state index in [1.165, 1.54) is 12.3 Å². The summed E-state index contributed by atoms with van der Waals surface area (Å²) in [6.07, 6.45) is 2.54. The first-order valence-corrected chi connectivity index (χ1v) is 9.53. The number of rotatable bonds is 4. The van der Waals surface area contributed by atoms with Crippen molar-refractivity contribution in [3.8, 4) is 0 Å². The Hall–Kier alpha value is -1.56. The molecule has 2 heterocycles. The van der Waals surface area contributed by atoms with E-state index >= 15 is 0 Å². The molecule has 1 aromatic heterocycles. The number of nitrogens with zero attached hydrogens (tertiary/aromatic N) is 2. The zero-order valence-electron chi connectivity index (χ0n) is 13.6. The van der Waals surface area contributed by atoms with Crippen molar-refractivity contribution < 1.29 is 4.79 Å². The molecule has 0 amide bonds. The number of halogens is 2. The number of ketones is 1. The second-order valence-electron chi connectivity index (χ2n) is 6.11. The van der Waals surface area contributed by atoms with Gasteiger partial charge in [-0.3, -0.25) is 9.79 Å². The van der Waals surface area contributed by atoms with Crippen LogP contribution in [0.5, 0.6) is 0 Å². The zero-order chi connectivity index (χ0) is 18.0. The van der Waals surface area contributed by atoms with Gasteiger partial charge in [0.05, 0.1) is 15.6 Å². The van der Waals surface area contributed by atoms with Gasteiger partial charge >= 0.3 is 0 Å². The lowest BCUT2D eigenvalue weighted by atomic mass is 9.88. The highest BCUT2D eigenvalue weighted by Crippen LogP contribution is 2.35. The third-order valence-corrected chi connectivity index (χ3v) is 5.47. The Bertz CT molecular complexity index is 856. The molecule has 0 saturated carbocycles. The summed E-state index contributed by atoms with van der Waals surface area (Å²) < 4.78 is 0. The highest BCUT2D eigenvalue weighted by Gasteiger charge is 2.29. The van der Waals surface area contributed by atoms with Gasteiger partial charge in [-0.25, -0.2) is 4.98 Å². The van der Waals surface area contributed by atoms with Crippen LogP contribution in [-0.4, -0.2) is 21.7 Å². The molecular formula is C18H17Cl2N3OS. The van der Waals surface area contributed by atoms with Crippen LogP contribution in [-0.2, 0) is 12.0 Å². The molecule has 1 aliphatic rings. The number of carbonyl (C=O) groups is 1. The van der Waals surface area contributed by atoms with E-state index in [1.807, 2.05) is 24.3 Å². The molecule has 130 valence electrons. The van der Waals surface area contributed by atoms with E-state index < -0.39 is 0 Å². The molecule has 2 N–H and O–H groups in total. The lowest BCUT2D eigenvalue weighted by Gasteiger charge is -2.30. The predicted molar refractivity (Wildman–Crippen MR) is 105 cm³/mol. The second kappa shape index (κ2) is 7.36. The number of amidine groups is 1. The molecule has 1 atom stereocenters. The van der Waals surface area contributed by atoms with Crippen LogP contribution in [0.25, 0.3) is 0 Å². The van der Waals surface area contributed by atoms with Crippen molar-refractivity contribution in [1.82, 2.24) is 4.98 Å². The maximum Gasteiger partial charge on any atom is 0.187 e. The highest BCUT2D eigenvalue weighted by atomic mass is 35.5. The fourth-order valence-corrected chi connectivity index (χ4v) is 4.26. The van der Waals surface area contributed by atoms with E-state index in [0.29, 0.717) is 10.2 Å². The molecule has 25 heavy (non-hydrogen) atoms. The minimum Gasteiger partial charge on any atom is -0.379 e. The minimum atomic E-state index is -0.357. The Labute approximate surface area is 160 Å². The largest absolute Gasteiger partial charge is 0.379 e. The maximum absolute atomic E-state index is 12.5. The summed E-state index contributed by atoms with van der Waals surface area (Å²) in [6.45, 7) is 2.07. The van der Waals surface area contributed by atoms with Crippen LogP contribution in [0.15, 0.2) is 41.5 Å². The number of hydrogen-bond acceptors (Lipinski definition) is 5. The first-order chi connectivity index (χ1) is 11.9. The van der Waals surface area contributed by atoms with Crippen LogP contribution in [0.2, 0.25) is 10.0 Å². The lowest BCUT2D eigenvalue weighted by molar-refractivity contribution is 0.0988. The molecule has 7 heteroatoms. The van der Waals surface area contributed by atoms with Crippen molar-refractivity contribution in [2.24, 2.45) is 10.7 Å². The number of aromatic nitrogens is 1. The monoisotopic (exact) mass is 393 g/mol. The summed E-state index contributed by atoms with van der Waals surface area (Å²) in [5, 5.41) is 1.27. The van der Waals surface area contributed by atoms with E-state index in [2.05, 4.69) is 16.9 Å². The molecule has 4 nitrogen and oxygen atoms in total. The molecular weight excluding hydrogens is 377 g/mol. The van der Waals surface area contributed by atoms with E-state index in [1.54, 1.807) is 11.8 Å². The molecule has 0 spiro atoms. The number of pyridine rings is 1. The second-order valence-corrected chi connectivity index (χ2v) is 8.07. The van der Waals surface area contributed by atoms with E-state index in [-0.39, 0.29) is 28.5 Å². The van der Waals surface area contributed by atoms with Crippen molar-refractivity contribution in [2.45, 2.75) is 25.3 Å². The quantitative estimate of drug-likeness (QED) is 0.777. The van der Waals surface area contributed by atoms with Gasteiger partial charge in [-0.1, -0.05) is 59.2 Å². The minimum absolute atomic E-state index is 0.147. The number of hydrogen-bond donors (Lipinski definition) is 1. The summed E-state index contributed by atoms with van der Waals surface area (Å²) in [7, 11) is 0. The average molecular weight is 394 g/mol. The lowest BCUT2D eigenvalue weighted by Crippen LogP contribution is -2.28. The van der Waals surface area contributed by atoms with Crippen LogP contribution in [0.1, 0.15) is 35.0 Å². The van der Waals surface area contributed by atoms with Crippen molar-refractivity contribution >= 4 is 45.9 Å². The topological polar surface area (TPSA) is 68.3 Å². The summed E-state index contributed by atoms with van der Waals surface area (Å²) >= 11 is 13.5. The summed E-state index contributed by atoms with van der Waals surface area (Å²) in [5.74, 6) is 0.783. The van der Waals surface area contributed by atoms with Gasteiger partial charge in [0.15, 0.2) is 11.0 Å². The number of nitrogens with two attached hydrogens (primary N) is 1. The standard InChI is InChI=1S/C18H17Cl2N3OS/c1-18(5-6-25-17(21)23-18)12-4-2-3-11(7-12)8-15(24)16-14(20)9-13(19)10-22-16/h2-4,7,9-10H,5-6,8H2,1H3,(H2,21,23)/t18-/m0/s1. The van der Waals surface area contributed by atoms with Crippen LogP contribution in [0.3, 0.4) is 0 Å². The zero-order valence-corrected chi connectivity index (χ0v) is 16.0. The molecule has 2 aromatic rings. The third kappa shape index (κ3) is 4.17. The van der Waals surface area contributed by atoms with Gasteiger partial charge in [-0.15, -0.1) is 0 Å². The summed E-state index contributed by atoms with van der Waals surface area (Å²) in [4.78, 5) is 21.2. The molecule has 0 saturated heterocycles. The molecule has 0 aliphatic carbocycles. The number of aliphatic imine (C=N–C) groups is 1. The van der Waals surface area contributed by atoms with Crippen LogP contribution in [0, 0.1) is 0 Å². The molecule has 0 fully saturated rings. The molecule has 0 bridgehead atoms. The van der Waals surface area contributed by atoms with Crippen molar-refractivity contribution in [2.75, 3.05) is 5.75 Å². The Kier molecular flexibility index (Phi) is 5.37. The average Bonchev–Trinajstić information content (AvgIpc) is 2.54. The number of carbonyl (C=O) groups excluding carboxylic acids is 1. The normalized spacial score (nSPS) is 20.2. The van der Waals surface area contributed by atoms with Gasteiger partial charge in [0.1, 0.15) is 5.69 Å². The molecule has 1 aliphatic heterocycles. The van der Waals surface area contributed by atoms with Crippen molar-refractivity contribution in [1.29, 1.82) is 0 Å². The third-order valence-electron chi connectivity index (χ3n) is 4.18. The van der Waals surface area contributed by atoms with E-state index in [4.69, 9.17) is 28.9 Å². The first kappa shape index (κ1) is 18.2.